The number of hydrogen-bond donors (Lipinski definition) is 2. The Morgan fingerprint density at radius 1 is 1.09 bits per heavy atom. The normalized spacial score (nSPS) is 11.6. The van der Waals surface area contributed by atoms with Gasteiger partial charge in [0.15, 0.2) is 11.9 Å². The van der Waals surface area contributed by atoms with Crippen LogP contribution < -0.4 is 11.1 Å². The first kappa shape index (κ1) is 18.3. The van der Waals surface area contributed by atoms with E-state index in [1.165, 1.54) is 0 Å². The standard InChI is InChI=1S/C16H20N2O5/c1-10(2)14(15(21)18-16(17)22)23-13(20)9-8-12(19)11-6-4-3-5-7-11/h3-7,10,14H,8-9H2,1-2H3,(H3,17,18,21,22)/t14-/m0/s1. The van der Waals surface area contributed by atoms with Crippen molar-refractivity contribution in [3.8, 4) is 0 Å². The van der Waals surface area contributed by atoms with Gasteiger partial charge >= 0.3 is 12.0 Å². The van der Waals surface area contributed by atoms with Gasteiger partial charge in [0, 0.05) is 12.0 Å². The fraction of sp³-hybridized carbons (Fsp3) is 0.375. The molecule has 7 heteroatoms. The molecule has 0 aliphatic carbocycles. The van der Waals surface area contributed by atoms with Gasteiger partial charge in [-0.3, -0.25) is 19.7 Å². The molecular formula is C16H20N2O5. The lowest BCUT2D eigenvalue weighted by Crippen LogP contribution is -2.45. The van der Waals surface area contributed by atoms with Crippen LogP contribution in [-0.4, -0.2) is 29.8 Å². The van der Waals surface area contributed by atoms with Crippen LogP contribution in [0.4, 0.5) is 4.79 Å². The molecular weight excluding hydrogens is 300 g/mol. The van der Waals surface area contributed by atoms with E-state index in [1.54, 1.807) is 44.2 Å². The minimum absolute atomic E-state index is 0.0227. The molecule has 3 amide bonds. The van der Waals surface area contributed by atoms with Crippen molar-refractivity contribution < 1.29 is 23.9 Å². The molecule has 0 fully saturated rings. The molecule has 0 saturated heterocycles. The quantitative estimate of drug-likeness (QED) is 0.582. The van der Waals surface area contributed by atoms with Crippen molar-refractivity contribution in [3.63, 3.8) is 0 Å². The second-order valence-corrected chi connectivity index (χ2v) is 5.30. The molecule has 0 heterocycles. The van der Waals surface area contributed by atoms with E-state index in [4.69, 9.17) is 10.5 Å². The summed E-state index contributed by atoms with van der Waals surface area (Å²) in [6, 6.07) is 7.55. The summed E-state index contributed by atoms with van der Waals surface area (Å²) in [5, 5.41) is 1.88. The van der Waals surface area contributed by atoms with E-state index >= 15 is 0 Å². The minimum atomic E-state index is -1.14. The van der Waals surface area contributed by atoms with E-state index < -0.39 is 24.0 Å². The van der Waals surface area contributed by atoms with Gasteiger partial charge in [-0.2, -0.15) is 0 Å². The molecule has 0 aromatic heterocycles. The predicted octanol–water partition coefficient (Wildman–Crippen LogP) is 1.41. The van der Waals surface area contributed by atoms with E-state index in [1.807, 2.05) is 5.32 Å². The van der Waals surface area contributed by atoms with E-state index in [0.717, 1.165) is 0 Å². The molecule has 0 unspecified atom stereocenters. The fourth-order valence-electron chi connectivity index (χ4n) is 1.87. The Morgan fingerprint density at radius 2 is 1.70 bits per heavy atom. The number of ketones is 1. The van der Waals surface area contributed by atoms with Crippen molar-refractivity contribution in [2.24, 2.45) is 11.7 Å². The number of nitrogens with one attached hydrogen (secondary N) is 1. The monoisotopic (exact) mass is 320 g/mol. The van der Waals surface area contributed by atoms with Gasteiger partial charge in [-0.1, -0.05) is 44.2 Å². The third kappa shape index (κ3) is 6.29. The number of rotatable bonds is 7. The van der Waals surface area contributed by atoms with Gasteiger partial charge in [0.2, 0.25) is 0 Å². The largest absolute Gasteiger partial charge is 0.452 e. The summed E-state index contributed by atoms with van der Waals surface area (Å²) in [6.07, 6.45) is -1.31. The number of esters is 1. The highest BCUT2D eigenvalue weighted by atomic mass is 16.5. The van der Waals surface area contributed by atoms with Crippen LogP contribution in [0.1, 0.15) is 37.0 Å². The number of nitrogens with two attached hydrogens (primary N) is 1. The molecule has 0 saturated carbocycles. The van der Waals surface area contributed by atoms with Crippen molar-refractivity contribution in [3.05, 3.63) is 35.9 Å². The summed E-state index contributed by atoms with van der Waals surface area (Å²) in [5.74, 6) is -2.00. The number of carbonyl (C=O) groups is 4. The first-order valence-corrected chi connectivity index (χ1v) is 7.19. The maximum absolute atomic E-state index is 11.9. The van der Waals surface area contributed by atoms with Crippen molar-refractivity contribution in [1.82, 2.24) is 5.32 Å². The number of carbonyl (C=O) groups excluding carboxylic acids is 4. The van der Waals surface area contributed by atoms with Gasteiger partial charge in [-0.25, -0.2) is 4.79 Å². The average Bonchev–Trinajstić information content (AvgIpc) is 2.50. The Labute approximate surface area is 134 Å². The van der Waals surface area contributed by atoms with E-state index in [-0.39, 0.29) is 24.5 Å². The molecule has 1 atom stereocenters. The molecule has 0 aliphatic heterocycles. The Hall–Kier alpha value is -2.70. The number of primary amides is 1. The van der Waals surface area contributed by atoms with Gasteiger partial charge in [0.25, 0.3) is 5.91 Å². The maximum Gasteiger partial charge on any atom is 0.318 e. The third-order valence-corrected chi connectivity index (χ3v) is 3.02. The third-order valence-electron chi connectivity index (χ3n) is 3.02. The summed E-state index contributed by atoms with van der Waals surface area (Å²) in [6.45, 7) is 3.32. The van der Waals surface area contributed by atoms with Crippen molar-refractivity contribution >= 4 is 23.7 Å². The molecule has 0 spiro atoms. The molecule has 3 N–H and O–H groups in total. The zero-order chi connectivity index (χ0) is 17.4. The summed E-state index contributed by atoms with van der Waals surface area (Å²) in [5.41, 5.74) is 5.38. The Morgan fingerprint density at radius 3 is 2.22 bits per heavy atom. The predicted molar refractivity (Wildman–Crippen MR) is 82.5 cm³/mol. The molecule has 23 heavy (non-hydrogen) atoms. The number of ether oxygens (including phenoxy) is 1. The van der Waals surface area contributed by atoms with Gasteiger partial charge in [0.1, 0.15) is 0 Å². The Balaban J connectivity index is 2.54. The van der Waals surface area contributed by atoms with E-state index in [9.17, 15) is 19.2 Å². The summed E-state index contributed by atoms with van der Waals surface area (Å²) >= 11 is 0. The lowest BCUT2D eigenvalue weighted by atomic mass is 10.1. The Bertz CT molecular complexity index is 583. The van der Waals surface area contributed by atoms with Crippen LogP contribution in [0.3, 0.4) is 0 Å². The highest BCUT2D eigenvalue weighted by Crippen LogP contribution is 2.11. The summed E-state index contributed by atoms with van der Waals surface area (Å²) in [4.78, 5) is 46.1. The van der Waals surface area contributed by atoms with Crippen LogP contribution in [0.25, 0.3) is 0 Å². The Kier molecular flexibility index (Phi) is 6.92. The number of urea groups is 1. The molecule has 1 rings (SSSR count). The van der Waals surface area contributed by atoms with E-state index in [0.29, 0.717) is 5.56 Å². The van der Waals surface area contributed by atoms with Crippen molar-refractivity contribution in [1.29, 1.82) is 0 Å². The van der Waals surface area contributed by atoms with Crippen LogP contribution in [-0.2, 0) is 14.3 Å². The topological polar surface area (TPSA) is 116 Å². The first-order chi connectivity index (χ1) is 10.8. The molecule has 1 aromatic carbocycles. The zero-order valence-electron chi connectivity index (χ0n) is 13.1. The maximum atomic E-state index is 11.9. The van der Waals surface area contributed by atoms with Crippen LogP contribution in [0.5, 0.6) is 0 Å². The van der Waals surface area contributed by atoms with E-state index in [2.05, 4.69) is 0 Å². The number of benzene rings is 1. The van der Waals surface area contributed by atoms with Crippen LogP contribution >= 0.6 is 0 Å². The molecule has 0 bridgehead atoms. The minimum Gasteiger partial charge on any atom is -0.452 e. The van der Waals surface area contributed by atoms with Gasteiger partial charge in [-0.15, -0.1) is 0 Å². The molecule has 0 radical (unpaired) electrons. The van der Waals surface area contributed by atoms with Crippen molar-refractivity contribution in [2.45, 2.75) is 32.8 Å². The SMILES string of the molecule is CC(C)[C@H](OC(=O)CCC(=O)c1ccccc1)C(=O)NC(N)=O. The lowest BCUT2D eigenvalue weighted by molar-refractivity contribution is -0.158. The highest BCUT2D eigenvalue weighted by molar-refractivity contribution is 5.98. The van der Waals surface area contributed by atoms with Crippen LogP contribution in [0.15, 0.2) is 30.3 Å². The number of imide groups is 1. The molecule has 1 aromatic rings. The lowest BCUT2D eigenvalue weighted by Gasteiger charge is -2.19. The average molecular weight is 320 g/mol. The molecule has 7 nitrogen and oxygen atoms in total. The second kappa shape index (κ2) is 8.67. The highest BCUT2D eigenvalue weighted by Gasteiger charge is 2.27. The second-order valence-electron chi connectivity index (χ2n) is 5.30. The number of hydrogen-bond acceptors (Lipinski definition) is 5. The molecule has 0 aliphatic rings. The van der Waals surface area contributed by atoms with Crippen LogP contribution in [0, 0.1) is 5.92 Å². The summed E-state index contributed by atoms with van der Waals surface area (Å²) < 4.78 is 5.05. The smallest absolute Gasteiger partial charge is 0.318 e. The zero-order valence-corrected chi connectivity index (χ0v) is 13.1. The van der Waals surface area contributed by atoms with Gasteiger partial charge < -0.3 is 10.5 Å². The van der Waals surface area contributed by atoms with Gasteiger partial charge in [-0.05, 0) is 5.92 Å². The fourth-order valence-corrected chi connectivity index (χ4v) is 1.87. The van der Waals surface area contributed by atoms with Crippen molar-refractivity contribution in [2.75, 3.05) is 0 Å². The van der Waals surface area contributed by atoms with Crippen LogP contribution in [0.2, 0.25) is 0 Å². The molecule has 124 valence electrons. The van der Waals surface area contributed by atoms with Gasteiger partial charge in [0.05, 0.1) is 6.42 Å². The number of amides is 3. The first-order valence-electron chi connectivity index (χ1n) is 7.19. The summed E-state index contributed by atoms with van der Waals surface area (Å²) in [7, 11) is 0. The number of Topliss-reactive ketones (excluding diaryl/α,β-unsaturated/α-hetero) is 1.